The number of fused-ring (bicyclic) bond motifs is 3. The second-order valence-corrected chi connectivity index (χ2v) is 8.95. The number of halogens is 2. The summed E-state index contributed by atoms with van der Waals surface area (Å²) in [5, 5.41) is 9.12. The van der Waals surface area contributed by atoms with Crippen LogP contribution in [0.1, 0.15) is 31.8 Å². The van der Waals surface area contributed by atoms with Crippen molar-refractivity contribution in [2.45, 2.75) is 13.0 Å². The second kappa shape index (κ2) is 8.41. The summed E-state index contributed by atoms with van der Waals surface area (Å²) in [7, 11) is 0. The molecule has 10 heteroatoms. The zero-order valence-corrected chi connectivity index (χ0v) is 19.6. The Bertz CT molecular complexity index is 1640. The Hall–Kier alpha value is -3.88. The molecule has 0 saturated heterocycles. The van der Waals surface area contributed by atoms with Gasteiger partial charge in [0.25, 0.3) is 5.91 Å². The smallest absolute Gasteiger partial charge is 0.368 e. The maximum atomic E-state index is 13.1. The van der Waals surface area contributed by atoms with Crippen molar-refractivity contribution in [1.82, 2.24) is 20.1 Å². The molecule has 1 aliphatic rings. The number of hydrogen-bond donors (Lipinski definition) is 0. The van der Waals surface area contributed by atoms with Gasteiger partial charge in [0.1, 0.15) is 16.6 Å². The Kier molecular flexibility index (Phi) is 5.20. The summed E-state index contributed by atoms with van der Waals surface area (Å²) in [5.41, 5.74) is 3.90. The first-order valence-corrected chi connectivity index (χ1v) is 11.5. The van der Waals surface area contributed by atoms with E-state index in [1.807, 2.05) is 18.2 Å². The van der Waals surface area contributed by atoms with Gasteiger partial charge in [0.05, 0.1) is 21.9 Å². The van der Waals surface area contributed by atoms with Crippen molar-refractivity contribution in [3.63, 3.8) is 0 Å². The van der Waals surface area contributed by atoms with Gasteiger partial charge >= 0.3 is 5.97 Å². The third-order valence-corrected chi connectivity index (χ3v) is 6.81. The summed E-state index contributed by atoms with van der Waals surface area (Å²) in [4.78, 5) is 34.3. The zero-order chi connectivity index (χ0) is 24.1. The topological polar surface area (TPSA) is 90.5 Å². The molecule has 3 heterocycles. The summed E-state index contributed by atoms with van der Waals surface area (Å²) in [6, 6.07) is 16.0. The van der Waals surface area contributed by atoms with E-state index in [2.05, 4.69) is 10.3 Å². The highest BCUT2D eigenvalue weighted by molar-refractivity contribution is 6.40. The molecule has 174 valence electrons. The molecular formula is C25H16Cl2N4O4. The number of aromatic nitrogens is 3. The Balaban J connectivity index is 1.26. The number of carbonyl (C=O) groups is 2. The lowest BCUT2D eigenvalue weighted by Gasteiger charge is -2.30. The van der Waals surface area contributed by atoms with Gasteiger partial charge in [-0.3, -0.25) is 4.79 Å². The van der Waals surface area contributed by atoms with E-state index in [1.165, 1.54) is 0 Å². The minimum absolute atomic E-state index is 0.0507. The Morgan fingerprint density at radius 3 is 2.80 bits per heavy atom. The van der Waals surface area contributed by atoms with Gasteiger partial charge in [-0.1, -0.05) is 46.2 Å². The molecule has 0 saturated carbocycles. The van der Waals surface area contributed by atoms with Gasteiger partial charge in [-0.25, -0.2) is 4.79 Å². The summed E-state index contributed by atoms with van der Waals surface area (Å²) >= 11 is 13.1. The molecule has 6 rings (SSSR count). The molecular weight excluding hydrogens is 491 g/mol. The third kappa shape index (κ3) is 3.71. The fourth-order valence-electron chi connectivity index (χ4n) is 4.32. The molecule has 0 aliphatic carbocycles. The first kappa shape index (κ1) is 21.6. The van der Waals surface area contributed by atoms with Gasteiger partial charge in [0.15, 0.2) is 0 Å². The van der Waals surface area contributed by atoms with Crippen molar-refractivity contribution in [2.75, 3.05) is 6.54 Å². The number of hydrogen-bond acceptors (Lipinski definition) is 6. The van der Waals surface area contributed by atoms with E-state index in [9.17, 15) is 9.59 Å². The summed E-state index contributed by atoms with van der Waals surface area (Å²) in [6.07, 6.45) is 2.06. The van der Waals surface area contributed by atoms with Crippen LogP contribution in [-0.4, -0.2) is 38.5 Å². The highest BCUT2D eigenvalue weighted by Crippen LogP contribution is 2.35. The first-order valence-electron chi connectivity index (χ1n) is 10.8. The summed E-state index contributed by atoms with van der Waals surface area (Å²) < 4.78 is 5.42. The van der Waals surface area contributed by atoms with E-state index < -0.39 is 5.97 Å². The average molecular weight is 507 g/mol. The van der Waals surface area contributed by atoms with Gasteiger partial charge in [-0.05, 0) is 59.2 Å². The van der Waals surface area contributed by atoms with Crippen LogP contribution in [0.4, 0.5) is 0 Å². The molecule has 1 amide bonds. The first-order chi connectivity index (χ1) is 17.0. The van der Waals surface area contributed by atoms with Crippen LogP contribution < -0.4 is 4.84 Å². The standard InChI is InChI=1S/C25H16Cl2N4O4/c26-18-11-16-13-30(24(32)15-6-5-14-8-10-34-21(14)12-15)9-7-17(16)23(27)22(18)25(33)35-31-20-4-2-1-3-19(20)28-29-31/h1-6,8,10-12H,7,9,13H2. The lowest BCUT2D eigenvalue weighted by molar-refractivity contribution is 0.0408. The van der Waals surface area contributed by atoms with Crippen LogP contribution in [0.25, 0.3) is 22.0 Å². The van der Waals surface area contributed by atoms with Gasteiger partial charge in [0, 0.05) is 24.0 Å². The van der Waals surface area contributed by atoms with Crippen molar-refractivity contribution in [3.8, 4) is 0 Å². The normalized spacial score (nSPS) is 13.3. The Morgan fingerprint density at radius 1 is 1.06 bits per heavy atom. The van der Waals surface area contributed by atoms with Crippen LogP contribution in [0.15, 0.2) is 65.3 Å². The van der Waals surface area contributed by atoms with Crippen LogP contribution in [-0.2, 0) is 13.0 Å². The van der Waals surface area contributed by atoms with Crippen LogP contribution >= 0.6 is 23.2 Å². The van der Waals surface area contributed by atoms with E-state index in [0.717, 1.165) is 21.4 Å². The van der Waals surface area contributed by atoms with E-state index in [-0.39, 0.29) is 21.5 Å². The minimum atomic E-state index is -0.747. The number of nitrogens with zero attached hydrogens (tertiary/aromatic N) is 4. The van der Waals surface area contributed by atoms with Crippen molar-refractivity contribution in [1.29, 1.82) is 0 Å². The molecule has 2 aromatic heterocycles. The molecule has 3 aromatic carbocycles. The molecule has 0 unspecified atom stereocenters. The molecule has 0 radical (unpaired) electrons. The maximum absolute atomic E-state index is 13.1. The fraction of sp³-hybridized carbons (Fsp3) is 0.120. The summed E-state index contributed by atoms with van der Waals surface area (Å²) in [5.74, 6) is -0.869. The van der Waals surface area contributed by atoms with Gasteiger partial charge in [-0.2, -0.15) is 0 Å². The van der Waals surface area contributed by atoms with Crippen molar-refractivity contribution < 1.29 is 18.8 Å². The minimum Gasteiger partial charge on any atom is -0.464 e. The molecule has 8 nitrogen and oxygen atoms in total. The second-order valence-electron chi connectivity index (χ2n) is 8.16. The van der Waals surface area contributed by atoms with E-state index in [0.29, 0.717) is 41.7 Å². The Labute approximate surface area is 208 Å². The molecule has 0 spiro atoms. The molecule has 0 atom stereocenters. The quantitative estimate of drug-likeness (QED) is 0.321. The number of furan rings is 1. The SMILES string of the molecule is O=C(On1nnc2ccccc21)c1c(Cl)cc2c(c1Cl)CCN(C(=O)c1ccc3ccoc3c1)C2. The average Bonchev–Trinajstić information content (AvgIpc) is 3.50. The molecule has 1 aliphatic heterocycles. The Morgan fingerprint density at radius 2 is 1.91 bits per heavy atom. The third-order valence-electron chi connectivity index (χ3n) is 6.09. The van der Waals surface area contributed by atoms with Crippen molar-refractivity contribution >= 4 is 57.1 Å². The predicted octanol–water partition coefficient (Wildman–Crippen LogP) is 4.95. The largest absolute Gasteiger partial charge is 0.464 e. The molecule has 35 heavy (non-hydrogen) atoms. The van der Waals surface area contributed by atoms with Crippen molar-refractivity contribution in [2.24, 2.45) is 0 Å². The van der Waals surface area contributed by atoms with E-state index in [1.54, 1.807) is 47.6 Å². The van der Waals surface area contributed by atoms with E-state index >= 15 is 0 Å². The van der Waals surface area contributed by atoms with Crippen LogP contribution in [0, 0.1) is 0 Å². The van der Waals surface area contributed by atoms with Crippen LogP contribution in [0.3, 0.4) is 0 Å². The molecule has 0 fully saturated rings. The van der Waals surface area contributed by atoms with Crippen LogP contribution in [0.2, 0.25) is 10.0 Å². The highest BCUT2D eigenvalue weighted by Gasteiger charge is 2.29. The fourth-order valence-corrected chi connectivity index (χ4v) is 5.07. The number of para-hydroxylation sites is 1. The number of amides is 1. The monoisotopic (exact) mass is 506 g/mol. The zero-order valence-electron chi connectivity index (χ0n) is 18.1. The summed E-state index contributed by atoms with van der Waals surface area (Å²) in [6.45, 7) is 0.748. The molecule has 5 aromatic rings. The predicted molar refractivity (Wildman–Crippen MR) is 130 cm³/mol. The highest BCUT2D eigenvalue weighted by atomic mass is 35.5. The maximum Gasteiger partial charge on any atom is 0.368 e. The lowest BCUT2D eigenvalue weighted by atomic mass is 9.96. The van der Waals surface area contributed by atoms with Crippen molar-refractivity contribution in [3.05, 3.63) is 93.2 Å². The van der Waals surface area contributed by atoms with Gasteiger partial charge in [-0.15, -0.1) is 5.10 Å². The number of rotatable bonds is 3. The van der Waals surface area contributed by atoms with E-state index in [4.69, 9.17) is 32.5 Å². The van der Waals surface area contributed by atoms with Gasteiger partial charge < -0.3 is 14.2 Å². The number of benzene rings is 3. The lowest BCUT2D eigenvalue weighted by Crippen LogP contribution is -2.36. The molecule has 0 N–H and O–H groups in total. The van der Waals surface area contributed by atoms with Gasteiger partial charge in [0.2, 0.25) is 0 Å². The molecule has 0 bridgehead atoms. The van der Waals surface area contributed by atoms with Crippen LogP contribution in [0.5, 0.6) is 0 Å². The number of carbonyl (C=O) groups excluding carboxylic acids is 2.